The first kappa shape index (κ1) is 10.0. The molecule has 2 atom stereocenters. The summed E-state index contributed by atoms with van der Waals surface area (Å²) in [7, 11) is 0. The quantitative estimate of drug-likeness (QED) is 0.457. The lowest BCUT2D eigenvalue weighted by Gasteiger charge is -2.01. The summed E-state index contributed by atoms with van der Waals surface area (Å²) < 4.78 is 22.3. The normalized spacial score (nSPS) is 16.7. The van der Waals surface area contributed by atoms with Gasteiger partial charge in [-0.25, -0.2) is 0 Å². The van der Waals surface area contributed by atoms with Gasteiger partial charge >= 0.3 is 11.4 Å². The van der Waals surface area contributed by atoms with Crippen molar-refractivity contribution in [2.75, 3.05) is 6.61 Å². The molecule has 10 heavy (non-hydrogen) atoms. The first-order valence-corrected chi connectivity index (χ1v) is 4.08. The lowest BCUT2D eigenvalue weighted by molar-refractivity contribution is 0.170. The smallest absolute Gasteiger partial charge is 0.301 e. The summed E-state index contributed by atoms with van der Waals surface area (Å²) in [6, 6.07) is 0. The van der Waals surface area contributed by atoms with Gasteiger partial charge in [0, 0.05) is 0 Å². The standard InChI is InChI=1S/C5H12O4S/c1-5(6)3-2-4-9-10(7)8/h5-6H,2-4H2,1H3,(H,7,8). The van der Waals surface area contributed by atoms with Gasteiger partial charge in [-0.05, 0) is 19.8 Å². The van der Waals surface area contributed by atoms with Gasteiger partial charge in [0.25, 0.3) is 0 Å². The van der Waals surface area contributed by atoms with Crippen LogP contribution in [0.15, 0.2) is 0 Å². The highest BCUT2D eigenvalue weighted by Crippen LogP contribution is 1.96. The van der Waals surface area contributed by atoms with Gasteiger partial charge < -0.3 is 5.11 Å². The third-order valence-electron chi connectivity index (χ3n) is 0.950. The molecule has 5 heteroatoms. The molecule has 0 spiro atoms. The summed E-state index contributed by atoms with van der Waals surface area (Å²) in [5, 5.41) is 8.72. The molecule has 0 bridgehead atoms. The highest BCUT2D eigenvalue weighted by Gasteiger charge is 1.96. The van der Waals surface area contributed by atoms with Gasteiger partial charge in [-0.3, -0.25) is 8.74 Å². The minimum absolute atomic E-state index is 0.216. The average Bonchev–Trinajstić information content (AvgIpc) is 1.79. The fraction of sp³-hybridized carbons (Fsp3) is 1.00. The molecule has 0 aliphatic heterocycles. The zero-order valence-corrected chi connectivity index (χ0v) is 6.63. The van der Waals surface area contributed by atoms with E-state index >= 15 is 0 Å². The molecular formula is C5H12O4S. The molecule has 0 aromatic rings. The molecule has 4 nitrogen and oxygen atoms in total. The Labute approximate surface area is 62.7 Å². The van der Waals surface area contributed by atoms with Crippen LogP contribution in [0.5, 0.6) is 0 Å². The van der Waals surface area contributed by atoms with Crippen LogP contribution in [0.2, 0.25) is 0 Å². The summed E-state index contributed by atoms with van der Waals surface area (Å²) >= 11 is -2.16. The van der Waals surface area contributed by atoms with E-state index in [0.29, 0.717) is 12.8 Å². The summed E-state index contributed by atoms with van der Waals surface area (Å²) in [6.07, 6.45) is 0.831. The Bertz CT molecular complexity index is 104. The molecule has 0 radical (unpaired) electrons. The van der Waals surface area contributed by atoms with E-state index in [-0.39, 0.29) is 12.7 Å². The highest BCUT2D eigenvalue weighted by atomic mass is 32.2. The van der Waals surface area contributed by atoms with Crippen LogP contribution >= 0.6 is 0 Å². The van der Waals surface area contributed by atoms with Gasteiger partial charge in [-0.15, -0.1) is 0 Å². The van der Waals surface area contributed by atoms with Gasteiger partial charge in [0.2, 0.25) is 0 Å². The molecule has 0 aliphatic carbocycles. The van der Waals surface area contributed by atoms with Crippen molar-refractivity contribution in [1.29, 1.82) is 0 Å². The molecular weight excluding hydrogens is 156 g/mol. The molecule has 0 amide bonds. The second-order valence-electron chi connectivity index (χ2n) is 2.03. The molecule has 0 aliphatic rings. The van der Waals surface area contributed by atoms with Crippen LogP contribution in [-0.2, 0) is 15.5 Å². The lowest BCUT2D eigenvalue weighted by atomic mass is 10.2. The SMILES string of the molecule is CC(O)CCCOS(=O)O. The van der Waals surface area contributed by atoms with Crippen LogP contribution in [0.25, 0.3) is 0 Å². The third kappa shape index (κ3) is 8.03. The number of aliphatic hydroxyl groups excluding tert-OH is 1. The Balaban J connectivity index is 2.98. The van der Waals surface area contributed by atoms with Crippen LogP contribution in [0.3, 0.4) is 0 Å². The minimum atomic E-state index is -2.16. The van der Waals surface area contributed by atoms with E-state index < -0.39 is 11.4 Å². The highest BCUT2D eigenvalue weighted by molar-refractivity contribution is 7.74. The van der Waals surface area contributed by atoms with Gasteiger partial charge in [-0.1, -0.05) is 0 Å². The van der Waals surface area contributed by atoms with E-state index in [1.54, 1.807) is 6.92 Å². The van der Waals surface area contributed by atoms with Crippen molar-refractivity contribution in [2.45, 2.75) is 25.9 Å². The molecule has 0 rings (SSSR count). The van der Waals surface area contributed by atoms with Crippen LogP contribution in [0.4, 0.5) is 0 Å². The Morgan fingerprint density at radius 2 is 2.30 bits per heavy atom. The number of hydrogen-bond donors (Lipinski definition) is 2. The maximum atomic E-state index is 9.87. The van der Waals surface area contributed by atoms with E-state index in [0.717, 1.165) is 0 Å². The molecule has 0 aromatic carbocycles. The lowest BCUT2D eigenvalue weighted by Crippen LogP contribution is -2.03. The van der Waals surface area contributed by atoms with Gasteiger partial charge in [0.15, 0.2) is 0 Å². The second-order valence-corrected chi connectivity index (χ2v) is 2.70. The topological polar surface area (TPSA) is 66.8 Å². The Morgan fingerprint density at radius 3 is 2.70 bits per heavy atom. The molecule has 0 heterocycles. The Kier molecular flexibility index (Phi) is 5.81. The first-order valence-electron chi connectivity index (χ1n) is 3.05. The Morgan fingerprint density at radius 1 is 1.70 bits per heavy atom. The summed E-state index contributed by atoms with van der Waals surface area (Å²) in [6.45, 7) is 1.88. The van der Waals surface area contributed by atoms with Crippen molar-refractivity contribution in [3.05, 3.63) is 0 Å². The summed E-state index contributed by atoms with van der Waals surface area (Å²) in [5.41, 5.74) is 0. The van der Waals surface area contributed by atoms with Crippen LogP contribution in [-0.4, -0.2) is 26.6 Å². The predicted molar refractivity (Wildman–Crippen MR) is 37.6 cm³/mol. The zero-order valence-electron chi connectivity index (χ0n) is 5.82. The first-order chi connectivity index (χ1) is 4.63. The molecule has 2 N–H and O–H groups in total. The Hall–Kier alpha value is 0.0300. The van der Waals surface area contributed by atoms with Crippen molar-refractivity contribution in [3.63, 3.8) is 0 Å². The van der Waals surface area contributed by atoms with Gasteiger partial charge in [-0.2, -0.15) is 4.21 Å². The predicted octanol–water partition coefficient (Wildman–Crippen LogP) is 0.301. The van der Waals surface area contributed by atoms with Crippen molar-refractivity contribution >= 4 is 11.4 Å². The monoisotopic (exact) mass is 168 g/mol. The fourth-order valence-corrected chi connectivity index (χ4v) is 0.769. The van der Waals surface area contributed by atoms with E-state index in [1.165, 1.54) is 0 Å². The number of aliphatic hydroxyl groups is 1. The molecule has 62 valence electrons. The van der Waals surface area contributed by atoms with E-state index in [9.17, 15) is 4.21 Å². The average molecular weight is 168 g/mol. The molecule has 2 unspecified atom stereocenters. The molecule has 0 saturated carbocycles. The van der Waals surface area contributed by atoms with E-state index in [4.69, 9.17) is 9.66 Å². The maximum Gasteiger partial charge on any atom is 0.301 e. The number of rotatable bonds is 5. The van der Waals surface area contributed by atoms with Crippen LogP contribution < -0.4 is 0 Å². The molecule has 0 saturated heterocycles. The van der Waals surface area contributed by atoms with E-state index in [1.807, 2.05) is 0 Å². The maximum absolute atomic E-state index is 9.87. The number of hydrogen-bond acceptors (Lipinski definition) is 3. The summed E-state index contributed by atoms with van der Waals surface area (Å²) in [4.78, 5) is 0. The van der Waals surface area contributed by atoms with Crippen molar-refractivity contribution in [3.8, 4) is 0 Å². The molecule has 0 aromatic heterocycles. The minimum Gasteiger partial charge on any atom is -0.393 e. The zero-order chi connectivity index (χ0) is 7.98. The van der Waals surface area contributed by atoms with E-state index in [2.05, 4.69) is 4.18 Å². The fourth-order valence-electron chi connectivity index (χ4n) is 0.509. The van der Waals surface area contributed by atoms with Crippen LogP contribution in [0.1, 0.15) is 19.8 Å². The van der Waals surface area contributed by atoms with Gasteiger partial charge in [0.1, 0.15) is 0 Å². The second kappa shape index (κ2) is 5.79. The summed E-state index contributed by atoms with van der Waals surface area (Å²) in [5.74, 6) is 0. The van der Waals surface area contributed by atoms with Crippen molar-refractivity contribution in [2.24, 2.45) is 0 Å². The third-order valence-corrected chi connectivity index (χ3v) is 1.32. The molecule has 0 fully saturated rings. The van der Waals surface area contributed by atoms with Crippen molar-refractivity contribution < 1.29 is 18.1 Å². The largest absolute Gasteiger partial charge is 0.393 e. The van der Waals surface area contributed by atoms with Gasteiger partial charge in [0.05, 0.1) is 12.7 Å². The van der Waals surface area contributed by atoms with Crippen LogP contribution in [0, 0.1) is 0 Å². The van der Waals surface area contributed by atoms with Crippen molar-refractivity contribution in [1.82, 2.24) is 0 Å².